The third-order valence-corrected chi connectivity index (χ3v) is 6.86. The van der Waals surface area contributed by atoms with Crippen molar-refractivity contribution in [2.75, 3.05) is 24.2 Å². The maximum absolute atomic E-state index is 13.4. The van der Waals surface area contributed by atoms with Gasteiger partial charge in [-0.05, 0) is 75.6 Å². The van der Waals surface area contributed by atoms with Gasteiger partial charge in [0.25, 0.3) is 0 Å². The molecule has 204 valence electrons. The fourth-order valence-electron chi connectivity index (χ4n) is 3.91. The van der Waals surface area contributed by atoms with E-state index in [1.807, 2.05) is 27.7 Å². The Bertz CT molecular complexity index is 1150. The van der Waals surface area contributed by atoms with E-state index in [4.69, 9.17) is 4.74 Å². The predicted octanol–water partition coefficient (Wildman–Crippen LogP) is 4.10. The third kappa shape index (κ3) is 9.35. The number of nitrogens with one attached hydrogen (secondary N) is 1. The van der Waals surface area contributed by atoms with Gasteiger partial charge in [0, 0.05) is 25.0 Å². The van der Waals surface area contributed by atoms with Gasteiger partial charge >= 0.3 is 0 Å². The van der Waals surface area contributed by atoms with Gasteiger partial charge in [0.2, 0.25) is 21.8 Å². The molecule has 8 nitrogen and oxygen atoms in total. The molecule has 0 aromatic heterocycles. The summed E-state index contributed by atoms with van der Waals surface area (Å²) in [6, 6.07) is 11.7. The topological polar surface area (TPSA) is 96.0 Å². The lowest BCUT2D eigenvalue weighted by Gasteiger charge is -2.33. The number of hydrogen-bond acceptors (Lipinski definition) is 5. The Balaban J connectivity index is 2.22. The molecule has 0 spiro atoms. The maximum atomic E-state index is 13.4. The summed E-state index contributed by atoms with van der Waals surface area (Å²) < 4.78 is 44.7. The number of sulfonamides is 1. The summed E-state index contributed by atoms with van der Waals surface area (Å²) in [6.07, 6.45) is 1.78. The first-order valence-corrected chi connectivity index (χ1v) is 14.1. The van der Waals surface area contributed by atoms with Crippen LogP contribution in [-0.2, 0) is 26.2 Å². The van der Waals surface area contributed by atoms with E-state index in [2.05, 4.69) is 5.32 Å². The van der Waals surface area contributed by atoms with E-state index in [0.717, 1.165) is 6.26 Å². The van der Waals surface area contributed by atoms with Crippen LogP contribution in [0.1, 0.15) is 52.5 Å². The van der Waals surface area contributed by atoms with Gasteiger partial charge in [-0.2, -0.15) is 0 Å². The van der Waals surface area contributed by atoms with E-state index in [1.54, 1.807) is 36.4 Å². The van der Waals surface area contributed by atoms with Crippen LogP contribution in [0.4, 0.5) is 10.1 Å². The number of amides is 2. The number of anilines is 1. The summed E-state index contributed by atoms with van der Waals surface area (Å²) in [7, 11) is -2.07. The monoisotopic (exact) mass is 535 g/mol. The average molecular weight is 536 g/mol. The van der Waals surface area contributed by atoms with Gasteiger partial charge in [0.1, 0.15) is 17.6 Å². The molecule has 0 bridgehead atoms. The Morgan fingerprint density at radius 3 is 2.14 bits per heavy atom. The molecule has 2 aromatic carbocycles. The average Bonchev–Trinajstić information content (AvgIpc) is 2.81. The van der Waals surface area contributed by atoms with Crippen molar-refractivity contribution in [3.8, 4) is 5.75 Å². The Kier molecular flexibility index (Phi) is 10.5. The Morgan fingerprint density at radius 2 is 1.65 bits per heavy atom. The molecule has 0 saturated heterocycles. The summed E-state index contributed by atoms with van der Waals surface area (Å²) in [4.78, 5) is 28.0. The van der Waals surface area contributed by atoms with Crippen molar-refractivity contribution >= 4 is 27.5 Å². The molecule has 0 saturated carbocycles. The molecular formula is C27H38FN3O5S. The molecular weight excluding hydrogens is 497 g/mol. The zero-order valence-corrected chi connectivity index (χ0v) is 23.3. The summed E-state index contributed by atoms with van der Waals surface area (Å²) in [5.41, 5.74) is 0.673. The van der Waals surface area contributed by atoms with Crippen LogP contribution >= 0.6 is 0 Å². The zero-order chi connectivity index (χ0) is 27.8. The second-order valence-corrected chi connectivity index (χ2v) is 11.9. The molecule has 0 radical (unpaired) electrons. The second-order valence-electron chi connectivity index (χ2n) is 9.95. The minimum Gasteiger partial charge on any atom is -0.497 e. The van der Waals surface area contributed by atoms with Crippen molar-refractivity contribution < 1.29 is 27.1 Å². The largest absolute Gasteiger partial charge is 0.497 e. The summed E-state index contributed by atoms with van der Waals surface area (Å²) in [5.74, 6) is -0.355. The third-order valence-electron chi connectivity index (χ3n) is 5.66. The number of ether oxygens (including phenoxy) is 1. The summed E-state index contributed by atoms with van der Waals surface area (Å²) in [6.45, 7) is 7.64. The van der Waals surface area contributed by atoms with Crippen molar-refractivity contribution in [2.24, 2.45) is 0 Å². The lowest BCUT2D eigenvalue weighted by atomic mass is 10.0. The predicted molar refractivity (Wildman–Crippen MR) is 143 cm³/mol. The van der Waals surface area contributed by atoms with Crippen LogP contribution in [-0.4, -0.2) is 56.6 Å². The van der Waals surface area contributed by atoms with Crippen molar-refractivity contribution in [2.45, 2.75) is 65.1 Å². The minimum absolute atomic E-state index is 0.0304. The van der Waals surface area contributed by atoms with Crippen LogP contribution in [0, 0.1) is 5.82 Å². The Morgan fingerprint density at radius 1 is 1.05 bits per heavy atom. The number of rotatable bonds is 12. The first kappa shape index (κ1) is 30.1. The molecule has 2 amide bonds. The van der Waals surface area contributed by atoms with E-state index in [1.165, 1.54) is 28.4 Å². The van der Waals surface area contributed by atoms with Gasteiger partial charge in [0.05, 0.1) is 19.1 Å². The SMILES string of the molecule is CC[C@H](C(=O)NC(C)(C)C)N(Cc1ccc(F)cc1)C(=O)CCCN(c1ccc(OC)cc1)S(C)(=O)=O. The number of carbonyl (C=O) groups is 2. The van der Waals surface area contributed by atoms with Gasteiger partial charge in [-0.25, -0.2) is 12.8 Å². The molecule has 37 heavy (non-hydrogen) atoms. The van der Waals surface area contributed by atoms with Crippen LogP contribution in [0.5, 0.6) is 5.75 Å². The van der Waals surface area contributed by atoms with Crippen molar-refractivity contribution in [1.29, 1.82) is 0 Å². The normalized spacial score (nSPS) is 12.5. The summed E-state index contributed by atoms with van der Waals surface area (Å²) in [5, 5.41) is 2.93. The number of hydrogen-bond donors (Lipinski definition) is 1. The van der Waals surface area contributed by atoms with E-state index in [9.17, 15) is 22.4 Å². The van der Waals surface area contributed by atoms with E-state index in [0.29, 0.717) is 23.4 Å². The molecule has 0 fully saturated rings. The highest BCUT2D eigenvalue weighted by atomic mass is 32.2. The van der Waals surface area contributed by atoms with Crippen LogP contribution in [0.15, 0.2) is 48.5 Å². The van der Waals surface area contributed by atoms with Crippen LogP contribution in [0.3, 0.4) is 0 Å². The highest BCUT2D eigenvalue weighted by molar-refractivity contribution is 7.92. The van der Waals surface area contributed by atoms with Gasteiger partial charge in [-0.3, -0.25) is 13.9 Å². The molecule has 0 heterocycles. The van der Waals surface area contributed by atoms with E-state index < -0.39 is 27.4 Å². The Hall–Kier alpha value is -3.14. The molecule has 1 atom stereocenters. The fourth-order valence-corrected chi connectivity index (χ4v) is 4.88. The highest BCUT2D eigenvalue weighted by Crippen LogP contribution is 2.23. The molecule has 2 aromatic rings. The molecule has 0 aliphatic rings. The van der Waals surface area contributed by atoms with Gasteiger partial charge in [-0.15, -0.1) is 0 Å². The van der Waals surface area contributed by atoms with Gasteiger partial charge in [-0.1, -0.05) is 19.1 Å². The molecule has 0 aliphatic heterocycles. The minimum atomic E-state index is -3.60. The van der Waals surface area contributed by atoms with E-state index >= 15 is 0 Å². The first-order valence-electron chi connectivity index (χ1n) is 12.2. The molecule has 2 rings (SSSR count). The lowest BCUT2D eigenvalue weighted by Crippen LogP contribution is -2.53. The van der Waals surface area contributed by atoms with Crippen LogP contribution < -0.4 is 14.4 Å². The second kappa shape index (κ2) is 12.9. The first-order chi connectivity index (χ1) is 17.2. The van der Waals surface area contributed by atoms with Crippen molar-refractivity contribution in [3.05, 3.63) is 59.9 Å². The molecule has 0 unspecified atom stereocenters. The van der Waals surface area contributed by atoms with Crippen LogP contribution in [0.2, 0.25) is 0 Å². The van der Waals surface area contributed by atoms with Crippen molar-refractivity contribution in [1.82, 2.24) is 10.2 Å². The molecule has 10 heteroatoms. The van der Waals surface area contributed by atoms with Crippen LogP contribution in [0.25, 0.3) is 0 Å². The number of methoxy groups -OCH3 is 1. The van der Waals surface area contributed by atoms with Gasteiger partial charge in [0.15, 0.2) is 0 Å². The smallest absolute Gasteiger partial charge is 0.243 e. The number of nitrogens with zero attached hydrogens (tertiary/aromatic N) is 2. The number of carbonyl (C=O) groups excluding carboxylic acids is 2. The number of benzene rings is 2. The van der Waals surface area contributed by atoms with E-state index in [-0.39, 0.29) is 37.7 Å². The molecule has 1 N–H and O–H groups in total. The maximum Gasteiger partial charge on any atom is 0.243 e. The zero-order valence-electron chi connectivity index (χ0n) is 22.5. The lowest BCUT2D eigenvalue weighted by molar-refractivity contribution is -0.142. The quantitative estimate of drug-likeness (QED) is 0.442. The highest BCUT2D eigenvalue weighted by Gasteiger charge is 2.30. The van der Waals surface area contributed by atoms with Crippen molar-refractivity contribution in [3.63, 3.8) is 0 Å². The Labute approximate surface area is 219 Å². The fraction of sp³-hybridized carbons (Fsp3) is 0.481. The molecule has 0 aliphatic carbocycles. The number of halogens is 1. The standard InChI is InChI=1S/C27H38FN3O5S/c1-7-24(26(33)29-27(2,3)4)30(19-20-10-12-21(28)13-11-20)25(32)9-8-18-31(37(6,34)35)22-14-16-23(36-5)17-15-22/h10-17,24H,7-9,18-19H2,1-6H3,(H,29,33)/t24-/m1/s1. The summed E-state index contributed by atoms with van der Waals surface area (Å²) >= 11 is 0. The van der Waals surface area contributed by atoms with Gasteiger partial charge < -0.3 is 15.0 Å².